The van der Waals surface area contributed by atoms with Crippen molar-refractivity contribution in [2.75, 3.05) is 11.9 Å². The second-order valence-electron chi connectivity index (χ2n) is 4.11. The average molecular weight is 312 g/mol. The number of hydrogen-bond donors (Lipinski definition) is 5. The molecular weight excluding hydrogens is 300 g/mol. The van der Waals surface area contributed by atoms with Crippen LogP contribution in [0.3, 0.4) is 0 Å². The first-order valence-electron chi connectivity index (χ1n) is 5.76. The van der Waals surface area contributed by atoms with E-state index in [1.54, 1.807) is 0 Å². The van der Waals surface area contributed by atoms with E-state index in [-0.39, 0.29) is 17.8 Å². The van der Waals surface area contributed by atoms with Crippen molar-refractivity contribution in [3.8, 4) is 0 Å². The molecule has 1 aromatic rings. The van der Waals surface area contributed by atoms with Crippen molar-refractivity contribution in [2.24, 2.45) is 5.73 Å². The number of amides is 2. The van der Waals surface area contributed by atoms with Gasteiger partial charge < -0.3 is 26.6 Å². The van der Waals surface area contributed by atoms with Crippen molar-refractivity contribution in [1.29, 1.82) is 0 Å². The normalized spacial score (nSPS) is 11.3. The third kappa shape index (κ3) is 4.72. The lowest BCUT2D eigenvalue weighted by Crippen LogP contribution is -2.43. The zero-order chi connectivity index (χ0) is 16.9. The molecule has 0 aliphatic heterocycles. The van der Waals surface area contributed by atoms with Gasteiger partial charge in [-0.1, -0.05) is 0 Å². The van der Waals surface area contributed by atoms with Gasteiger partial charge in [-0.25, -0.2) is 9.59 Å². The number of aromatic carboxylic acids is 1. The SMILES string of the molecule is N[C@@H](CNC(=O)Nc1cc(C(=O)O)cc([N+](=O)[O-])c1)C(=O)O. The standard InChI is InChI=1S/C11H12N4O7/c12-8(10(18)19)4-13-11(20)14-6-1-5(9(16)17)2-7(3-6)15(21)22/h1-3,8H,4,12H2,(H,16,17)(H,18,19)(H2,13,14,20)/t8-/m0/s1. The van der Waals surface area contributed by atoms with Crippen molar-refractivity contribution in [2.45, 2.75) is 6.04 Å². The molecule has 0 saturated carbocycles. The Hall–Kier alpha value is -3.21. The molecule has 11 nitrogen and oxygen atoms in total. The molecule has 0 aromatic heterocycles. The van der Waals surface area contributed by atoms with Crippen molar-refractivity contribution >= 4 is 29.3 Å². The predicted octanol–water partition coefficient (Wildman–Crippen LogP) is -0.174. The van der Waals surface area contributed by atoms with Gasteiger partial charge in [0, 0.05) is 18.7 Å². The van der Waals surface area contributed by atoms with Gasteiger partial charge in [-0.15, -0.1) is 0 Å². The van der Waals surface area contributed by atoms with E-state index in [2.05, 4.69) is 10.6 Å². The molecule has 11 heteroatoms. The van der Waals surface area contributed by atoms with Crippen LogP contribution in [-0.4, -0.2) is 45.7 Å². The fraction of sp³-hybridized carbons (Fsp3) is 0.182. The summed E-state index contributed by atoms with van der Waals surface area (Å²) >= 11 is 0. The number of carbonyl (C=O) groups excluding carboxylic acids is 1. The monoisotopic (exact) mass is 312 g/mol. The molecule has 1 atom stereocenters. The number of anilines is 1. The van der Waals surface area contributed by atoms with Gasteiger partial charge >= 0.3 is 18.0 Å². The Morgan fingerprint density at radius 3 is 2.41 bits per heavy atom. The molecule has 0 aliphatic carbocycles. The molecule has 22 heavy (non-hydrogen) atoms. The molecule has 0 saturated heterocycles. The highest BCUT2D eigenvalue weighted by atomic mass is 16.6. The fourth-order valence-electron chi connectivity index (χ4n) is 1.38. The summed E-state index contributed by atoms with van der Waals surface area (Å²) in [5.74, 6) is -2.72. The number of carboxylic acids is 2. The molecule has 6 N–H and O–H groups in total. The van der Waals surface area contributed by atoms with Gasteiger partial charge in [-0.2, -0.15) is 0 Å². The summed E-state index contributed by atoms with van der Waals surface area (Å²) in [6.45, 7) is -0.373. The highest BCUT2D eigenvalue weighted by molar-refractivity contribution is 5.94. The fourth-order valence-corrected chi connectivity index (χ4v) is 1.38. The van der Waals surface area contributed by atoms with Gasteiger partial charge in [0.1, 0.15) is 6.04 Å². The molecule has 0 fully saturated rings. The molecule has 118 valence electrons. The van der Waals surface area contributed by atoms with Crippen LogP contribution >= 0.6 is 0 Å². The predicted molar refractivity (Wildman–Crippen MR) is 72.7 cm³/mol. The van der Waals surface area contributed by atoms with E-state index in [1.807, 2.05) is 0 Å². The Bertz CT molecular complexity index is 599. The summed E-state index contributed by atoms with van der Waals surface area (Å²) in [4.78, 5) is 42.8. The van der Waals surface area contributed by atoms with E-state index >= 15 is 0 Å². The third-order valence-corrected chi connectivity index (χ3v) is 2.43. The number of hydrogen-bond acceptors (Lipinski definition) is 6. The summed E-state index contributed by atoms with van der Waals surface area (Å²) in [5, 5.41) is 32.4. The number of rotatable bonds is 6. The summed E-state index contributed by atoms with van der Waals surface area (Å²) < 4.78 is 0. The number of aliphatic carboxylic acids is 1. The van der Waals surface area contributed by atoms with Crippen LogP contribution in [0.15, 0.2) is 18.2 Å². The molecule has 0 unspecified atom stereocenters. The number of nitro benzene ring substituents is 1. The Morgan fingerprint density at radius 2 is 1.91 bits per heavy atom. The largest absolute Gasteiger partial charge is 0.480 e. The van der Waals surface area contributed by atoms with Crippen LogP contribution < -0.4 is 16.4 Å². The molecule has 2 amide bonds. The van der Waals surface area contributed by atoms with Crippen molar-refractivity contribution in [3.63, 3.8) is 0 Å². The number of benzene rings is 1. The summed E-state index contributed by atoms with van der Waals surface area (Å²) in [5.41, 5.74) is 4.15. The van der Waals surface area contributed by atoms with Crippen LogP contribution in [-0.2, 0) is 4.79 Å². The van der Waals surface area contributed by atoms with Gasteiger partial charge in [0.2, 0.25) is 0 Å². The highest BCUT2D eigenvalue weighted by Gasteiger charge is 2.16. The quantitative estimate of drug-likeness (QED) is 0.353. The third-order valence-electron chi connectivity index (χ3n) is 2.43. The Morgan fingerprint density at radius 1 is 1.27 bits per heavy atom. The Kier molecular flexibility index (Phi) is 5.35. The lowest BCUT2D eigenvalue weighted by molar-refractivity contribution is -0.384. The number of urea groups is 1. The van der Waals surface area contributed by atoms with Crippen LogP contribution in [0.1, 0.15) is 10.4 Å². The summed E-state index contributed by atoms with van der Waals surface area (Å²) in [6.07, 6.45) is 0. The number of non-ortho nitro benzene ring substituents is 1. The first kappa shape index (κ1) is 16.8. The van der Waals surface area contributed by atoms with E-state index in [0.29, 0.717) is 0 Å². The topological polar surface area (TPSA) is 185 Å². The van der Waals surface area contributed by atoms with Gasteiger partial charge in [0.05, 0.1) is 16.2 Å². The number of nitrogens with one attached hydrogen (secondary N) is 2. The maximum Gasteiger partial charge on any atom is 0.336 e. The first-order valence-corrected chi connectivity index (χ1v) is 5.76. The number of nitro groups is 1. The minimum Gasteiger partial charge on any atom is -0.480 e. The smallest absolute Gasteiger partial charge is 0.336 e. The van der Waals surface area contributed by atoms with Gasteiger partial charge in [0.15, 0.2) is 0 Å². The Balaban J connectivity index is 2.84. The Labute approximate surface area is 122 Å². The number of carbonyl (C=O) groups is 3. The second kappa shape index (κ2) is 6.99. The van der Waals surface area contributed by atoms with Crippen LogP contribution in [0.25, 0.3) is 0 Å². The van der Waals surface area contributed by atoms with Gasteiger partial charge in [0.25, 0.3) is 5.69 Å². The average Bonchev–Trinajstić information content (AvgIpc) is 2.43. The van der Waals surface area contributed by atoms with Crippen LogP contribution in [0.5, 0.6) is 0 Å². The van der Waals surface area contributed by atoms with Crippen molar-refractivity contribution in [3.05, 3.63) is 33.9 Å². The van der Waals surface area contributed by atoms with E-state index in [4.69, 9.17) is 15.9 Å². The number of carboxylic acid groups (broad SMARTS) is 2. The van der Waals surface area contributed by atoms with Crippen LogP contribution in [0, 0.1) is 10.1 Å². The highest BCUT2D eigenvalue weighted by Crippen LogP contribution is 2.21. The molecule has 0 radical (unpaired) electrons. The zero-order valence-corrected chi connectivity index (χ0v) is 11.0. The van der Waals surface area contributed by atoms with Gasteiger partial charge in [-0.05, 0) is 6.07 Å². The van der Waals surface area contributed by atoms with E-state index in [1.165, 1.54) is 0 Å². The van der Waals surface area contributed by atoms with Gasteiger partial charge in [-0.3, -0.25) is 14.9 Å². The van der Waals surface area contributed by atoms with Crippen LogP contribution in [0.4, 0.5) is 16.2 Å². The number of nitrogens with zero attached hydrogens (tertiary/aromatic N) is 1. The molecule has 0 aliphatic rings. The maximum atomic E-state index is 11.5. The maximum absolute atomic E-state index is 11.5. The minimum absolute atomic E-state index is 0.131. The number of nitrogens with two attached hydrogens (primary N) is 1. The minimum atomic E-state index is -1.40. The van der Waals surface area contributed by atoms with Crippen molar-refractivity contribution in [1.82, 2.24) is 5.32 Å². The van der Waals surface area contributed by atoms with Crippen LogP contribution in [0.2, 0.25) is 0 Å². The zero-order valence-electron chi connectivity index (χ0n) is 11.0. The second-order valence-corrected chi connectivity index (χ2v) is 4.11. The van der Waals surface area contributed by atoms with E-state index in [9.17, 15) is 24.5 Å². The molecule has 0 spiro atoms. The molecule has 0 heterocycles. The van der Waals surface area contributed by atoms with E-state index in [0.717, 1.165) is 18.2 Å². The summed E-state index contributed by atoms with van der Waals surface area (Å²) in [6, 6.07) is 0.625. The molecule has 0 bridgehead atoms. The lowest BCUT2D eigenvalue weighted by atomic mass is 10.2. The molecule has 1 aromatic carbocycles. The summed E-state index contributed by atoms with van der Waals surface area (Å²) in [7, 11) is 0. The first-order chi connectivity index (χ1) is 10.2. The molecular formula is C11H12N4O7. The molecule has 1 rings (SSSR count). The van der Waals surface area contributed by atoms with Crippen molar-refractivity contribution < 1.29 is 29.5 Å². The lowest BCUT2D eigenvalue weighted by Gasteiger charge is -2.10. The van der Waals surface area contributed by atoms with E-state index < -0.39 is 34.6 Å².